The van der Waals surface area contributed by atoms with Crippen LogP contribution in [0.2, 0.25) is 0 Å². The third kappa shape index (κ3) is 4.89. The molecule has 1 heterocycles. The van der Waals surface area contributed by atoms with Crippen LogP contribution in [0.1, 0.15) is 27.4 Å². The minimum atomic E-state index is -1.07. The van der Waals surface area contributed by atoms with Gasteiger partial charge in [-0.15, -0.1) is 6.58 Å². The van der Waals surface area contributed by atoms with Crippen molar-refractivity contribution in [3.8, 4) is 11.5 Å². The SMILES string of the molecule is C=CCc1ccc(OCC(=O)NCc2cc(C(=O)O)c(C)o2)c(OC)c1. The van der Waals surface area contributed by atoms with Gasteiger partial charge in [-0.2, -0.15) is 0 Å². The molecule has 0 aliphatic heterocycles. The number of hydrogen-bond acceptors (Lipinski definition) is 5. The highest BCUT2D eigenvalue weighted by Crippen LogP contribution is 2.28. The van der Waals surface area contributed by atoms with Gasteiger partial charge in [0.15, 0.2) is 18.1 Å². The maximum absolute atomic E-state index is 11.9. The van der Waals surface area contributed by atoms with Crippen LogP contribution in [0.3, 0.4) is 0 Å². The zero-order valence-corrected chi connectivity index (χ0v) is 14.7. The van der Waals surface area contributed by atoms with Crippen LogP contribution in [0.4, 0.5) is 0 Å². The average molecular weight is 359 g/mol. The minimum absolute atomic E-state index is 0.0751. The zero-order chi connectivity index (χ0) is 19.1. The van der Waals surface area contributed by atoms with Gasteiger partial charge in [-0.1, -0.05) is 12.1 Å². The van der Waals surface area contributed by atoms with Gasteiger partial charge in [0.05, 0.1) is 13.7 Å². The van der Waals surface area contributed by atoms with Crippen molar-refractivity contribution in [3.05, 3.63) is 59.6 Å². The van der Waals surface area contributed by atoms with Gasteiger partial charge < -0.3 is 24.3 Å². The lowest BCUT2D eigenvalue weighted by Gasteiger charge is -2.11. The van der Waals surface area contributed by atoms with Gasteiger partial charge in [0.2, 0.25) is 0 Å². The number of carboxylic acids is 1. The highest BCUT2D eigenvalue weighted by atomic mass is 16.5. The third-order valence-corrected chi connectivity index (χ3v) is 3.63. The quantitative estimate of drug-likeness (QED) is 0.668. The molecule has 7 nitrogen and oxygen atoms in total. The fourth-order valence-corrected chi connectivity index (χ4v) is 2.35. The Kier molecular flexibility index (Phi) is 6.43. The lowest BCUT2D eigenvalue weighted by molar-refractivity contribution is -0.123. The molecular weight excluding hydrogens is 338 g/mol. The largest absolute Gasteiger partial charge is 0.493 e. The topological polar surface area (TPSA) is 98.0 Å². The number of methoxy groups -OCH3 is 1. The maximum Gasteiger partial charge on any atom is 0.339 e. The van der Waals surface area contributed by atoms with Crippen LogP contribution in [0.15, 0.2) is 41.3 Å². The van der Waals surface area contributed by atoms with E-state index in [1.165, 1.54) is 13.2 Å². The lowest BCUT2D eigenvalue weighted by Crippen LogP contribution is -2.28. The van der Waals surface area contributed by atoms with Crippen LogP contribution in [-0.4, -0.2) is 30.7 Å². The van der Waals surface area contributed by atoms with E-state index >= 15 is 0 Å². The van der Waals surface area contributed by atoms with Crippen molar-refractivity contribution in [1.29, 1.82) is 0 Å². The first-order valence-corrected chi connectivity index (χ1v) is 7.94. The minimum Gasteiger partial charge on any atom is -0.493 e. The van der Waals surface area contributed by atoms with E-state index in [9.17, 15) is 9.59 Å². The summed E-state index contributed by atoms with van der Waals surface area (Å²) in [4.78, 5) is 22.9. The van der Waals surface area contributed by atoms with Crippen molar-refractivity contribution in [2.24, 2.45) is 0 Å². The maximum atomic E-state index is 11.9. The highest BCUT2D eigenvalue weighted by Gasteiger charge is 2.14. The van der Waals surface area contributed by atoms with Gasteiger partial charge in [0.25, 0.3) is 5.91 Å². The van der Waals surface area contributed by atoms with E-state index in [4.69, 9.17) is 19.0 Å². The number of allylic oxidation sites excluding steroid dienone is 1. The number of amides is 1. The number of rotatable bonds is 9. The van der Waals surface area contributed by atoms with E-state index in [1.807, 2.05) is 12.1 Å². The first kappa shape index (κ1) is 19.1. The van der Waals surface area contributed by atoms with Crippen LogP contribution in [0, 0.1) is 6.92 Å². The van der Waals surface area contributed by atoms with Crippen molar-refractivity contribution in [3.63, 3.8) is 0 Å². The molecule has 26 heavy (non-hydrogen) atoms. The van der Waals surface area contributed by atoms with Gasteiger partial charge in [-0.05, 0) is 37.1 Å². The molecule has 7 heteroatoms. The number of carboxylic acid groups (broad SMARTS) is 1. The molecule has 2 rings (SSSR count). The van der Waals surface area contributed by atoms with E-state index in [0.29, 0.717) is 29.4 Å². The van der Waals surface area contributed by atoms with Gasteiger partial charge >= 0.3 is 5.97 Å². The Labute approximate surface area is 151 Å². The Bertz CT molecular complexity index is 808. The van der Waals surface area contributed by atoms with Crippen LogP contribution >= 0.6 is 0 Å². The molecule has 2 N–H and O–H groups in total. The summed E-state index contributed by atoms with van der Waals surface area (Å²) >= 11 is 0. The summed E-state index contributed by atoms with van der Waals surface area (Å²) in [6.45, 7) is 5.12. The van der Waals surface area contributed by atoms with Crippen LogP contribution in [-0.2, 0) is 17.8 Å². The smallest absolute Gasteiger partial charge is 0.339 e. The summed E-state index contributed by atoms with van der Waals surface area (Å²) in [6.07, 6.45) is 2.49. The number of nitrogens with one attached hydrogen (secondary N) is 1. The normalized spacial score (nSPS) is 10.2. The molecule has 0 bridgehead atoms. The molecule has 0 spiro atoms. The van der Waals surface area contributed by atoms with Gasteiger partial charge in [0.1, 0.15) is 17.1 Å². The molecular formula is C19H21NO6. The molecule has 0 radical (unpaired) electrons. The molecule has 0 atom stereocenters. The second-order valence-corrected chi connectivity index (χ2v) is 5.53. The standard InChI is InChI=1S/C19H21NO6/c1-4-5-13-6-7-16(17(8-13)24-3)25-11-18(21)20-10-14-9-15(19(22)23)12(2)26-14/h4,6-9H,1,5,10-11H2,2-3H3,(H,20,21)(H,22,23). The van der Waals surface area contributed by atoms with Crippen molar-refractivity contribution >= 4 is 11.9 Å². The monoisotopic (exact) mass is 359 g/mol. The highest BCUT2D eigenvalue weighted by molar-refractivity contribution is 5.88. The van der Waals surface area contributed by atoms with Crippen LogP contribution in [0.5, 0.6) is 11.5 Å². The second-order valence-electron chi connectivity index (χ2n) is 5.53. The molecule has 0 unspecified atom stereocenters. The number of carbonyl (C=O) groups is 2. The fourth-order valence-electron chi connectivity index (χ4n) is 2.35. The number of carbonyl (C=O) groups excluding carboxylic acids is 1. The van der Waals surface area contributed by atoms with Crippen molar-refractivity contribution in [1.82, 2.24) is 5.32 Å². The number of aromatic carboxylic acids is 1. The first-order chi connectivity index (χ1) is 12.4. The second kappa shape index (κ2) is 8.75. The fraction of sp³-hybridized carbons (Fsp3) is 0.263. The Morgan fingerprint density at radius 3 is 2.69 bits per heavy atom. The number of ether oxygens (including phenoxy) is 2. The molecule has 2 aromatic rings. The zero-order valence-electron chi connectivity index (χ0n) is 14.7. The molecule has 1 aromatic heterocycles. The summed E-state index contributed by atoms with van der Waals surface area (Å²) in [5.74, 6) is 0.205. The van der Waals surface area contributed by atoms with E-state index in [-0.39, 0.29) is 24.6 Å². The summed E-state index contributed by atoms with van der Waals surface area (Å²) < 4.78 is 16.1. The lowest BCUT2D eigenvalue weighted by atomic mass is 10.1. The van der Waals surface area contributed by atoms with E-state index in [1.54, 1.807) is 19.1 Å². The van der Waals surface area contributed by atoms with E-state index in [2.05, 4.69) is 11.9 Å². The Balaban J connectivity index is 1.89. The third-order valence-electron chi connectivity index (χ3n) is 3.63. The summed E-state index contributed by atoms with van der Waals surface area (Å²) in [5, 5.41) is 11.6. The van der Waals surface area contributed by atoms with Gasteiger partial charge in [0, 0.05) is 0 Å². The summed E-state index contributed by atoms with van der Waals surface area (Å²) in [7, 11) is 1.53. The molecule has 0 aliphatic rings. The number of aryl methyl sites for hydroxylation is 1. The van der Waals surface area contributed by atoms with Crippen LogP contribution < -0.4 is 14.8 Å². The molecule has 0 fully saturated rings. The molecule has 1 amide bonds. The molecule has 0 saturated heterocycles. The first-order valence-electron chi connectivity index (χ1n) is 7.94. The average Bonchev–Trinajstić information content (AvgIpc) is 3.00. The summed E-state index contributed by atoms with van der Waals surface area (Å²) in [6, 6.07) is 6.82. The van der Waals surface area contributed by atoms with E-state index in [0.717, 1.165) is 5.56 Å². The molecule has 0 aliphatic carbocycles. The molecule has 1 aromatic carbocycles. The Morgan fingerprint density at radius 2 is 2.08 bits per heavy atom. The Hall–Kier alpha value is -3.22. The predicted molar refractivity (Wildman–Crippen MR) is 94.6 cm³/mol. The number of benzene rings is 1. The van der Waals surface area contributed by atoms with Crippen LogP contribution in [0.25, 0.3) is 0 Å². The number of furan rings is 1. The van der Waals surface area contributed by atoms with Gasteiger partial charge in [-0.3, -0.25) is 4.79 Å². The van der Waals surface area contributed by atoms with Crippen molar-refractivity contribution in [2.45, 2.75) is 19.9 Å². The number of hydrogen-bond donors (Lipinski definition) is 2. The van der Waals surface area contributed by atoms with E-state index < -0.39 is 5.97 Å². The molecule has 138 valence electrons. The van der Waals surface area contributed by atoms with Crippen molar-refractivity contribution in [2.75, 3.05) is 13.7 Å². The van der Waals surface area contributed by atoms with Gasteiger partial charge in [-0.25, -0.2) is 4.79 Å². The van der Waals surface area contributed by atoms with Crippen molar-refractivity contribution < 1.29 is 28.6 Å². The Morgan fingerprint density at radius 1 is 1.31 bits per heavy atom. The summed E-state index contributed by atoms with van der Waals surface area (Å²) in [5.41, 5.74) is 1.10. The molecule has 0 saturated carbocycles. The predicted octanol–water partition coefficient (Wildman–Crippen LogP) is 2.72.